The van der Waals surface area contributed by atoms with Crippen molar-refractivity contribution in [1.29, 1.82) is 5.26 Å². The molecule has 6 rings (SSSR count). The number of hydrogen-bond donors (Lipinski definition) is 2. The van der Waals surface area contributed by atoms with Gasteiger partial charge in [0.05, 0.1) is 44.1 Å². The number of likely N-dealkylation sites (N-methyl/N-ethyl adjacent to an activating group) is 1. The van der Waals surface area contributed by atoms with E-state index in [1.54, 1.807) is 7.11 Å². The molecule has 1 spiro atoms. The zero-order chi connectivity index (χ0) is 30.1. The quantitative estimate of drug-likeness (QED) is 0.464. The Morgan fingerprint density at radius 2 is 2.07 bits per heavy atom. The molecule has 1 aromatic carbocycles. The molecule has 0 bridgehead atoms. The molecular weight excluding hydrogens is 542 g/mol. The van der Waals surface area contributed by atoms with Crippen LogP contribution in [0.2, 0.25) is 0 Å². The molecule has 234 valence electrons. The maximum absolute atomic E-state index is 12.6. The van der Waals surface area contributed by atoms with Gasteiger partial charge in [-0.05, 0) is 75.2 Å². The molecule has 4 heterocycles. The number of ether oxygens (including phenoxy) is 2. The highest BCUT2D eigenvalue weighted by molar-refractivity contribution is 5.87. The number of likely N-dealkylation sites (tertiary alicyclic amines) is 1. The number of para-hydroxylation sites is 1. The van der Waals surface area contributed by atoms with E-state index in [2.05, 4.69) is 70.3 Å². The van der Waals surface area contributed by atoms with Gasteiger partial charge < -0.3 is 24.2 Å². The van der Waals surface area contributed by atoms with Gasteiger partial charge in [-0.25, -0.2) is 0 Å². The minimum absolute atomic E-state index is 0.0871. The number of fused-ring (bicyclic) bond motifs is 2. The predicted molar refractivity (Wildman–Crippen MR) is 166 cm³/mol. The number of amides is 1. The molecule has 10 nitrogen and oxygen atoms in total. The van der Waals surface area contributed by atoms with Crippen molar-refractivity contribution in [3.63, 3.8) is 0 Å². The molecule has 0 radical (unpaired) electrons. The van der Waals surface area contributed by atoms with Gasteiger partial charge >= 0.3 is 0 Å². The molecule has 4 aliphatic heterocycles. The molecule has 2 N–H and O–H groups in total. The highest BCUT2D eigenvalue weighted by Gasteiger charge is 2.51. The zero-order valence-corrected chi connectivity index (χ0v) is 26.1. The first-order valence-corrected chi connectivity index (χ1v) is 16.1. The van der Waals surface area contributed by atoms with E-state index in [1.807, 2.05) is 4.90 Å². The van der Waals surface area contributed by atoms with Gasteiger partial charge in [-0.3, -0.25) is 20.3 Å². The monoisotopic (exact) mass is 591 g/mol. The van der Waals surface area contributed by atoms with E-state index in [1.165, 1.54) is 30.2 Å². The van der Waals surface area contributed by atoms with Crippen LogP contribution in [0, 0.1) is 22.7 Å². The Bertz CT molecular complexity index is 1220. The van der Waals surface area contributed by atoms with E-state index in [9.17, 15) is 10.1 Å². The topological polar surface area (TPSA) is 96.3 Å². The summed E-state index contributed by atoms with van der Waals surface area (Å²) in [7, 11) is 6.16. The molecule has 1 saturated carbocycles. The fourth-order valence-electron chi connectivity index (χ4n) is 8.82. The van der Waals surface area contributed by atoms with Crippen LogP contribution < -0.4 is 20.3 Å². The third-order valence-electron chi connectivity index (χ3n) is 10.9. The van der Waals surface area contributed by atoms with Crippen LogP contribution in [0.3, 0.4) is 0 Å². The summed E-state index contributed by atoms with van der Waals surface area (Å²) >= 11 is 0. The summed E-state index contributed by atoms with van der Waals surface area (Å²) < 4.78 is 12.3. The smallest absolute Gasteiger partial charge is 0.246 e. The van der Waals surface area contributed by atoms with Gasteiger partial charge in [0.2, 0.25) is 5.91 Å². The van der Waals surface area contributed by atoms with Crippen molar-refractivity contribution in [3.05, 3.63) is 36.4 Å². The third kappa shape index (κ3) is 6.03. The van der Waals surface area contributed by atoms with Crippen molar-refractivity contribution >= 4 is 11.6 Å². The summed E-state index contributed by atoms with van der Waals surface area (Å²) in [5, 5.41) is 17.4. The maximum Gasteiger partial charge on any atom is 0.246 e. The van der Waals surface area contributed by atoms with Crippen LogP contribution in [0.1, 0.15) is 44.1 Å². The molecule has 4 fully saturated rings. The molecular formula is C33H49N7O3. The van der Waals surface area contributed by atoms with Crippen LogP contribution in [-0.4, -0.2) is 112 Å². The van der Waals surface area contributed by atoms with Gasteiger partial charge in [-0.15, -0.1) is 0 Å². The van der Waals surface area contributed by atoms with E-state index < -0.39 is 0 Å². The van der Waals surface area contributed by atoms with E-state index >= 15 is 0 Å². The van der Waals surface area contributed by atoms with Crippen LogP contribution in [0.25, 0.3) is 0 Å². The Hall–Kier alpha value is -2.68. The Kier molecular flexibility index (Phi) is 8.99. The number of carbonyl (C=O) groups is 1. The maximum atomic E-state index is 12.6. The van der Waals surface area contributed by atoms with Gasteiger partial charge in [0, 0.05) is 51.2 Å². The number of benzene rings is 1. The van der Waals surface area contributed by atoms with Crippen LogP contribution in [-0.2, 0) is 16.0 Å². The van der Waals surface area contributed by atoms with Gasteiger partial charge in [-0.1, -0.05) is 18.7 Å². The minimum atomic E-state index is -0.244. The first-order chi connectivity index (χ1) is 20.8. The number of carbonyl (C=O) groups excluding carboxylic acids is 1. The van der Waals surface area contributed by atoms with Crippen LogP contribution in [0.4, 0.5) is 5.69 Å². The number of anilines is 1. The summed E-state index contributed by atoms with van der Waals surface area (Å²) in [6, 6.07) is 9.38. The lowest BCUT2D eigenvalue weighted by Gasteiger charge is -2.57. The largest absolute Gasteiger partial charge is 0.495 e. The van der Waals surface area contributed by atoms with E-state index in [-0.39, 0.29) is 29.9 Å². The SMILES string of the molecule is C=CC(=O)N1CCN(C2NC(OCC3CCCN3C)NC3C[C@@]4(CCC32)Cc2cccc(OC)c2N(C)C4)CC1CC#N. The van der Waals surface area contributed by atoms with Crippen LogP contribution in [0.15, 0.2) is 30.9 Å². The second-order valence-electron chi connectivity index (χ2n) is 13.5. The standard InChI is InChI=1S/C33H49N7O3/c1-5-29(41)40-17-16-39(20-24(40)12-14-34)31-26-11-13-33(18-23-8-6-10-28(42-4)30(23)38(3)22-33)19-27(26)35-32(36-31)43-21-25-9-7-15-37(25)2/h5-6,8,10,24-27,31-32,35-36H,1,7,9,11-13,15-22H2,2-4H3/t24?,25?,26?,27?,31?,32?,33-/m1/s1. The highest BCUT2D eigenvalue weighted by atomic mass is 16.5. The molecule has 1 aromatic rings. The van der Waals surface area contributed by atoms with Crippen LogP contribution in [0.5, 0.6) is 5.75 Å². The van der Waals surface area contributed by atoms with Crippen molar-refractivity contribution in [2.24, 2.45) is 11.3 Å². The number of nitriles is 1. The molecule has 7 atom stereocenters. The van der Waals surface area contributed by atoms with E-state index in [4.69, 9.17) is 9.47 Å². The van der Waals surface area contributed by atoms with Gasteiger partial charge in [-0.2, -0.15) is 5.26 Å². The third-order valence-corrected chi connectivity index (χ3v) is 10.9. The average Bonchev–Trinajstić information content (AvgIpc) is 3.43. The fourth-order valence-corrected chi connectivity index (χ4v) is 8.82. The van der Waals surface area contributed by atoms with Crippen LogP contribution >= 0.6 is 0 Å². The van der Waals surface area contributed by atoms with Crippen molar-refractivity contribution in [1.82, 2.24) is 25.3 Å². The lowest BCUT2D eigenvalue weighted by atomic mass is 9.62. The minimum Gasteiger partial charge on any atom is -0.495 e. The molecule has 0 aromatic heterocycles. The number of nitrogens with one attached hydrogen (secondary N) is 2. The second kappa shape index (κ2) is 12.7. The van der Waals surface area contributed by atoms with Crippen molar-refractivity contribution in [2.75, 3.05) is 65.4 Å². The van der Waals surface area contributed by atoms with E-state index in [0.29, 0.717) is 44.1 Å². The zero-order valence-electron chi connectivity index (χ0n) is 26.1. The normalized spacial score (nSPS) is 34.8. The molecule has 1 amide bonds. The number of methoxy groups -OCH3 is 1. The number of nitrogens with zero attached hydrogens (tertiary/aromatic N) is 5. The molecule has 43 heavy (non-hydrogen) atoms. The average molecular weight is 592 g/mol. The summed E-state index contributed by atoms with van der Waals surface area (Å²) in [4.78, 5) is 21.7. The van der Waals surface area contributed by atoms with Crippen molar-refractivity contribution < 1.29 is 14.3 Å². The Labute approximate surface area is 256 Å². The lowest BCUT2D eigenvalue weighted by molar-refractivity contribution is -0.137. The predicted octanol–water partition coefficient (Wildman–Crippen LogP) is 2.37. The first-order valence-electron chi connectivity index (χ1n) is 16.1. The number of hydrogen-bond acceptors (Lipinski definition) is 9. The molecule has 3 saturated heterocycles. The summed E-state index contributed by atoms with van der Waals surface area (Å²) in [6.45, 7) is 8.57. The van der Waals surface area contributed by atoms with Gasteiger partial charge in [0.25, 0.3) is 0 Å². The molecule has 1 aliphatic carbocycles. The second-order valence-corrected chi connectivity index (χ2v) is 13.5. The summed E-state index contributed by atoms with van der Waals surface area (Å²) in [5.74, 6) is 1.27. The Morgan fingerprint density at radius 3 is 2.81 bits per heavy atom. The Morgan fingerprint density at radius 1 is 1.21 bits per heavy atom. The summed E-state index contributed by atoms with van der Waals surface area (Å²) in [6.07, 6.45) is 8.36. The highest BCUT2D eigenvalue weighted by Crippen LogP contribution is 2.50. The number of rotatable bonds is 7. The van der Waals surface area contributed by atoms with Crippen molar-refractivity contribution in [2.45, 2.75) is 75.6 Å². The Balaban J connectivity index is 1.23. The lowest BCUT2D eigenvalue weighted by Crippen LogP contribution is -2.73. The molecule has 6 unspecified atom stereocenters. The van der Waals surface area contributed by atoms with Gasteiger partial charge in [0.1, 0.15) is 5.75 Å². The fraction of sp³-hybridized carbons (Fsp3) is 0.697. The number of piperazine rings is 1. The summed E-state index contributed by atoms with van der Waals surface area (Å²) in [5.41, 5.74) is 2.78. The van der Waals surface area contributed by atoms with Gasteiger partial charge in [0.15, 0.2) is 6.35 Å². The van der Waals surface area contributed by atoms with E-state index in [0.717, 1.165) is 51.1 Å². The van der Waals surface area contributed by atoms with Crippen molar-refractivity contribution in [3.8, 4) is 11.8 Å². The molecule has 10 heteroatoms. The molecule has 5 aliphatic rings. The first kappa shape index (κ1) is 30.4.